The van der Waals surface area contributed by atoms with Gasteiger partial charge in [-0.2, -0.15) is 0 Å². The molecule has 3 heterocycles. The molecule has 4 rings (SSSR count). The van der Waals surface area contributed by atoms with Crippen LogP contribution < -0.4 is 10.1 Å². The van der Waals surface area contributed by atoms with Crippen molar-refractivity contribution in [3.05, 3.63) is 60.3 Å². The van der Waals surface area contributed by atoms with Crippen LogP contribution in [0, 0.1) is 17.3 Å². The number of hydrogen-bond donors (Lipinski definition) is 1. The van der Waals surface area contributed by atoms with Crippen molar-refractivity contribution >= 4 is 35.2 Å². The lowest BCUT2D eigenvalue weighted by Gasteiger charge is -2.37. The third-order valence-electron chi connectivity index (χ3n) is 8.36. The van der Waals surface area contributed by atoms with Gasteiger partial charge in [0.2, 0.25) is 17.7 Å². The van der Waals surface area contributed by atoms with Crippen molar-refractivity contribution in [3.63, 3.8) is 0 Å². The van der Waals surface area contributed by atoms with Crippen LogP contribution in [0.4, 0.5) is 0 Å². The largest absolute Gasteiger partial charge is 0.472 e. The summed E-state index contributed by atoms with van der Waals surface area (Å²) in [6.45, 7) is 9.22. The molecule has 1 saturated heterocycles. The molecule has 0 unspecified atom stereocenters. The van der Waals surface area contributed by atoms with E-state index in [9.17, 15) is 19.2 Å². The van der Waals surface area contributed by atoms with Crippen molar-refractivity contribution in [1.29, 1.82) is 0 Å². The number of carbonyl (C=O) groups excluding carboxylic acids is 4. The first-order valence-corrected chi connectivity index (χ1v) is 15.8. The Kier molecular flexibility index (Phi) is 11.7. The summed E-state index contributed by atoms with van der Waals surface area (Å²) in [6, 6.07) is 1.32. The average molecular weight is 640 g/mol. The molecule has 2 aromatic heterocycles. The van der Waals surface area contributed by atoms with E-state index in [-0.39, 0.29) is 49.3 Å². The highest BCUT2D eigenvalue weighted by Crippen LogP contribution is 2.34. The quantitative estimate of drug-likeness (QED) is 0.200. The van der Waals surface area contributed by atoms with Gasteiger partial charge in [0.25, 0.3) is 0 Å². The molecule has 1 aliphatic heterocycles. The molecule has 45 heavy (non-hydrogen) atoms. The number of esters is 1. The van der Waals surface area contributed by atoms with Crippen molar-refractivity contribution in [1.82, 2.24) is 25.2 Å². The Balaban J connectivity index is 1.57. The van der Waals surface area contributed by atoms with Gasteiger partial charge in [-0.05, 0) is 30.2 Å². The van der Waals surface area contributed by atoms with Gasteiger partial charge in [0.05, 0.1) is 17.8 Å². The Morgan fingerprint density at radius 2 is 1.87 bits per heavy atom. The SMILES string of the molecule is C=CCOC(=O)[C@@H]1C[C@@H](Oc2ccc(Cl)cn2)CN1C(=O)[C@@H](NC(=O)[C@@H](CC(=O)c1cnccn1)C1CCCCC1)C(C)(C)C. The predicted molar refractivity (Wildman–Crippen MR) is 167 cm³/mol. The number of amides is 2. The fourth-order valence-electron chi connectivity index (χ4n) is 6.01. The minimum Gasteiger partial charge on any atom is -0.472 e. The van der Waals surface area contributed by atoms with E-state index in [4.69, 9.17) is 21.1 Å². The zero-order valence-corrected chi connectivity index (χ0v) is 26.9. The third kappa shape index (κ3) is 9.09. The van der Waals surface area contributed by atoms with Gasteiger partial charge in [-0.25, -0.2) is 14.8 Å². The molecule has 242 valence electrons. The van der Waals surface area contributed by atoms with Crippen LogP contribution in [0.1, 0.15) is 76.2 Å². The number of pyridine rings is 1. The molecule has 0 bridgehead atoms. The summed E-state index contributed by atoms with van der Waals surface area (Å²) in [5.74, 6) is -2.00. The maximum atomic E-state index is 14.3. The molecule has 1 aliphatic carbocycles. The molecule has 2 aromatic rings. The van der Waals surface area contributed by atoms with E-state index in [1.54, 1.807) is 12.1 Å². The molecule has 0 aromatic carbocycles. The second-order valence-corrected chi connectivity index (χ2v) is 13.2. The van der Waals surface area contributed by atoms with Crippen LogP contribution in [0.2, 0.25) is 5.02 Å². The monoisotopic (exact) mass is 639 g/mol. The molecule has 4 atom stereocenters. The predicted octanol–water partition coefficient (Wildman–Crippen LogP) is 4.60. The van der Waals surface area contributed by atoms with Gasteiger partial charge < -0.3 is 19.7 Å². The highest BCUT2D eigenvalue weighted by molar-refractivity contribution is 6.30. The fraction of sp³-hybridized carbons (Fsp3) is 0.545. The van der Waals surface area contributed by atoms with Crippen LogP contribution in [0.3, 0.4) is 0 Å². The molecule has 2 fully saturated rings. The topological polar surface area (TPSA) is 141 Å². The molecule has 11 nitrogen and oxygen atoms in total. The number of nitrogens with zero attached hydrogens (tertiary/aromatic N) is 4. The summed E-state index contributed by atoms with van der Waals surface area (Å²) in [5, 5.41) is 3.46. The summed E-state index contributed by atoms with van der Waals surface area (Å²) in [5.41, 5.74) is -0.529. The zero-order valence-electron chi connectivity index (χ0n) is 26.1. The summed E-state index contributed by atoms with van der Waals surface area (Å²) < 4.78 is 11.4. The van der Waals surface area contributed by atoms with E-state index in [0.29, 0.717) is 10.9 Å². The first-order chi connectivity index (χ1) is 21.5. The molecular formula is C33H42ClN5O6. The van der Waals surface area contributed by atoms with E-state index in [0.717, 1.165) is 32.1 Å². The maximum Gasteiger partial charge on any atom is 0.329 e. The van der Waals surface area contributed by atoms with Crippen molar-refractivity contribution in [2.45, 2.75) is 83.9 Å². The highest BCUT2D eigenvalue weighted by Gasteiger charge is 2.47. The van der Waals surface area contributed by atoms with Crippen molar-refractivity contribution in [2.75, 3.05) is 13.2 Å². The summed E-state index contributed by atoms with van der Waals surface area (Å²) in [7, 11) is 0. The number of hydrogen-bond acceptors (Lipinski definition) is 9. The minimum atomic E-state index is -0.996. The number of carbonyl (C=O) groups is 4. The van der Waals surface area contributed by atoms with E-state index in [2.05, 4.69) is 26.8 Å². The zero-order chi connectivity index (χ0) is 32.6. The number of ketones is 1. The van der Waals surface area contributed by atoms with Gasteiger partial charge in [-0.15, -0.1) is 0 Å². The Morgan fingerprint density at radius 3 is 2.49 bits per heavy atom. The van der Waals surface area contributed by atoms with E-state index in [1.165, 1.54) is 35.8 Å². The van der Waals surface area contributed by atoms with Crippen LogP contribution in [-0.2, 0) is 19.1 Å². The highest BCUT2D eigenvalue weighted by atomic mass is 35.5. The van der Waals surface area contributed by atoms with Gasteiger partial charge in [-0.3, -0.25) is 19.4 Å². The fourth-order valence-corrected chi connectivity index (χ4v) is 6.12. The number of nitrogens with one attached hydrogen (secondary N) is 1. The maximum absolute atomic E-state index is 14.3. The first-order valence-electron chi connectivity index (χ1n) is 15.4. The van der Waals surface area contributed by atoms with Gasteiger partial charge in [0.1, 0.15) is 30.5 Å². The minimum absolute atomic E-state index is 0.00633. The van der Waals surface area contributed by atoms with Crippen LogP contribution in [-0.4, -0.2) is 74.8 Å². The number of ether oxygens (including phenoxy) is 2. The number of likely N-dealkylation sites (tertiary alicyclic amines) is 1. The average Bonchev–Trinajstić information content (AvgIpc) is 3.46. The number of aromatic nitrogens is 3. The van der Waals surface area contributed by atoms with Gasteiger partial charge in [-0.1, -0.05) is 64.3 Å². The normalized spacial score (nSPS) is 20.1. The van der Waals surface area contributed by atoms with E-state index in [1.807, 2.05) is 20.8 Å². The second-order valence-electron chi connectivity index (χ2n) is 12.7. The summed E-state index contributed by atoms with van der Waals surface area (Å²) >= 11 is 5.96. The number of Topliss-reactive ketones (excluding diaryl/α,β-unsaturated/α-hetero) is 1. The van der Waals surface area contributed by atoms with Crippen molar-refractivity contribution in [3.8, 4) is 5.88 Å². The molecular weight excluding hydrogens is 598 g/mol. The Morgan fingerprint density at radius 1 is 1.11 bits per heavy atom. The van der Waals surface area contributed by atoms with Gasteiger partial charge in [0, 0.05) is 43.4 Å². The molecule has 2 aliphatic rings. The molecule has 0 spiro atoms. The van der Waals surface area contributed by atoms with E-state index < -0.39 is 41.4 Å². The summed E-state index contributed by atoms with van der Waals surface area (Å²) in [4.78, 5) is 68.4. The molecule has 0 radical (unpaired) electrons. The van der Waals surface area contributed by atoms with Gasteiger partial charge in [0.15, 0.2) is 5.78 Å². The lowest BCUT2D eigenvalue weighted by atomic mass is 9.76. The lowest BCUT2D eigenvalue weighted by molar-refractivity contribution is -0.154. The third-order valence-corrected chi connectivity index (χ3v) is 8.58. The molecule has 2 amide bonds. The molecule has 1 saturated carbocycles. The van der Waals surface area contributed by atoms with Crippen LogP contribution in [0.15, 0.2) is 49.6 Å². The standard InChI is InChI=1S/C33H42ClN5O6/c1-5-15-44-32(43)26-16-23(45-28-12-11-22(34)18-37-28)20-39(26)31(42)29(33(2,3)4)38-30(41)24(21-9-7-6-8-10-21)17-27(40)25-19-35-13-14-36-25/h5,11-14,18-19,21,23-24,26,29H,1,6-10,15-17,20H2,2-4H3,(H,38,41)/t23-,24+,26+,29-/m1/s1. The lowest BCUT2D eigenvalue weighted by Crippen LogP contribution is -2.58. The Hall–Kier alpha value is -3.86. The smallest absolute Gasteiger partial charge is 0.329 e. The summed E-state index contributed by atoms with van der Waals surface area (Å²) in [6.07, 6.45) is 11.5. The van der Waals surface area contributed by atoms with Crippen LogP contribution in [0.5, 0.6) is 5.88 Å². The van der Waals surface area contributed by atoms with Crippen LogP contribution >= 0.6 is 11.6 Å². The van der Waals surface area contributed by atoms with Crippen molar-refractivity contribution < 1.29 is 28.7 Å². The number of rotatable bonds is 12. The number of halogens is 1. The Bertz CT molecular complexity index is 1340. The van der Waals surface area contributed by atoms with Crippen molar-refractivity contribution in [2.24, 2.45) is 17.3 Å². The molecule has 12 heteroatoms. The Labute approximate surface area is 269 Å². The van der Waals surface area contributed by atoms with E-state index >= 15 is 0 Å². The first kappa shape index (κ1) is 34.0. The second kappa shape index (κ2) is 15.4. The molecule has 1 N–H and O–H groups in total. The van der Waals surface area contributed by atoms with Crippen LogP contribution in [0.25, 0.3) is 0 Å². The van der Waals surface area contributed by atoms with Gasteiger partial charge >= 0.3 is 5.97 Å².